The Kier molecular flexibility index (Phi) is 7.18. The predicted octanol–water partition coefficient (Wildman–Crippen LogP) is 5.07. The Hall–Kier alpha value is -0.0400. The molecule has 0 aromatic heterocycles. The molecular weight excluding hydrogens is 208 g/mol. The van der Waals surface area contributed by atoms with Gasteiger partial charge in [-0.1, -0.05) is 71.6 Å². The fraction of sp³-hybridized carbons (Fsp3) is 1.00. The van der Waals surface area contributed by atoms with Crippen LogP contribution >= 0.6 is 0 Å². The first-order chi connectivity index (χ1) is 8.19. The van der Waals surface area contributed by atoms with Crippen molar-refractivity contribution in [2.45, 2.75) is 96.5 Å². The van der Waals surface area contributed by atoms with Crippen molar-refractivity contribution in [2.24, 2.45) is 5.92 Å². The van der Waals surface area contributed by atoms with Gasteiger partial charge >= 0.3 is 0 Å². The van der Waals surface area contributed by atoms with E-state index in [2.05, 4.69) is 13.8 Å². The molecule has 17 heavy (non-hydrogen) atoms. The summed E-state index contributed by atoms with van der Waals surface area (Å²) in [6.45, 7) is 4.50. The molecule has 0 heterocycles. The lowest BCUT2D eigenvalue weighted by Crippen LogP contribution is -2.38. The highest BCUT2D eigenvalue weighted by Gasteiger charge is 2.34. The normalized spacial score (nSPS) is 29.5. The zero-order valence-corrected chi connectivity index (χ0v) is 12.0. The molecule has 1 heteroatoms. The van der Waals surface area contributed by atoms with Crippen LogP contribution in [0.1, 0.15) is 90.9 Å². The van der Waals surface area contributed by atoms with Gasteiger partial charge in [-0.3, -0.25) is 0 Å². The molecule has 0 aliphatic heterocycles. The van der Waals surface area contributed by atoms with E-state index in [1.807, 2.05) is 0 Å². The Morgan fingerprint density at radius 2 is 1.65 bits per heavy atom. The van der Waals surface area contributed by atoms with E-state index in [9.17, 15) is 5.11 Å². The fourth-order valence-corrected chi connectivity index (χ4v) is 3.16. The molecule has 0 radical (unpaired) electrons. The topological polar surface area (TPSA) is 20.2 Å². The molecule has 1 aliphatic rings. The van der Waals surface area contributed by atoms with E-state index >= 15 is 0 Å². The van der Waals surface area contributed by atoms with Crippen molar-refractivity contribution in [3.05, 3.63) is 0 Å². The average Bonchev–Trinajstić information content (AvgIpc) is 2.32. The third-order valence-electron chi connectivity index (χ3n) is 4.63. The van der Waals surface area contributed by atoms with Crippen molar-refractivity contribution in [1.29, 1.82) is 0 Å². The number of hydrogen-bond donors (Lipinski definition) is 1. The van der Waals surface area contributed by atoms with Gasteiger partial charge in [0.25, 0.3) is 0 Å². The van der Waals surface area contributed by atoms with Crippen LogP contribution in [0.2, 0.25) is 0 Å². The largest absolute Gasteiger partial charge is 0.390 e. The van der Waals surface area contributed by atoms with Gasteiger partial charge in [-0.25, -0.2) is 0 Å². The molecule has 0 saturated heterocycles. The molecule has 0 aromatic rings. The van der Waals surface area contributed by atoms with Gasteiger partial charge in [0.2, 0.25) is 0 Å². The van der Waals surface area contributed by atoms with E-state index in [-0.39, 0.29) is 5.60 Å². The summed E-state index contributed by atoms with van der Waals surface area (Å²) in [4.78, 5) is 0. The third kappa shape index (κ3) is 5.42. The van der Waals surface area contributed by atoms with Crippen LogP contribution in [-0.2, 0) is 0 Å². The Morgan fingerprint density at radius 3 is 2.29 bits per heavy atom. The van der Waals surface area contributed by atoms with Gasteiger partial charge in [-0.2, -0.15) is 0 Å². The lowest BCUT2D eigenvalue weighted by atomic mass is 9.74. The summed E-state index contributed by atoms with van der Waals surface area (Å²) in [6, 6.07) is 0. The van der Waals surface area contributed by atoms with Crippen LogP contribution in [-0.4, -0.2) is 10.7 Å². The Labute approximate surface area is 108 Å². The van der Waals surface area contributed by atoms with Crippen LogP contribution in [0.3, 0.4) is 0 Å². The molecule has 0 bridgehead atoms. The molecule has 0 spiro atoms. The first-order valence-electron chi connectivity index (χ1n) is 7.91. The van der Waals surface area contributed by atoms with Crippen molar-refractivity contribution in [3.8, 4) is 0 Å². The molecule has 1 N–H and O–H groups in total. The van der Waals surface area contributed by atoms with E-state index < -0.39 is 0 Å². The van der Waals surface area contributed by atoms with Crippen LogP contribution in [0, 0.1) is 5.92 Å². The zero-order valence-electron chi connectivity index (χ0n) is 12.0. The van der Waals surface area contributed by atoms with E-state index in [0.29, 0.717) is 5.92 Å². The first kappa shape index (κ1) is 15.0. The Balaban J connectivity index is 2.04. The number of rotatable bonds is 8. The van der Waals surface area contributed by atoms with Gasteiger partial charge in [0.05, 0.1) is 5.60 Å². The van der Waals surface area contributed by atoms with Crippen molar-refractivity contribution in [3.63, 3.8) is 0 Å². The lowest BCUT2D eigenvalue weighted by molar-refractivity contribution is -0.0496. The zero-order chi connectivity index (χ0) is 12.6. The fourth-order valence-electron chi connectivity index (χ4n) is 3.16. The van der Waals surface area contributed by atoms with Gasteiger partial charge in [0.1, 0.15) is 0 Å². The summed E-state index contributed by atoms with van der Waals surface area (Å²) in [6.07, 6.45) is 15.3. The summed E-state index contributed by atoms with van der Waals surface area (Å²) >= 11 is 0. The van der Waals surface area contributed by atoms with Crippen molar-refractivity contribution < 1.29 is 5.11 Å². The van der Waals surface area contributed by atoms with Gasteiger partial charge in [0.15, 0.2) is 0 Å². The maximum Gasteiger partial charge on any atom is 0.0673 e. The molecule has 1 aliphatic carbocycles. The van der Waals surface area contributed by atoms with Gasteiger partial charge in [0, 0.05) is 0 Å². The van der Waals surface area contributed by atoms with Crippen LogP contribution in [0.4, 0.5) is 0 Å². The Bertz CT molecular complexity index is 190. The predicted molar refractivity (Wildman–Crippen MR) is 75.2 cm³/mol. The summed E-state index contributed by atoms with van der Waals surface area (Å²) in [5.41, 5.74) is -0.318. The summed E-state index contributed by atoms with van der Waals surface area (Å²) in [5, 5.41) is 10.6. The van der Waals surface area contributed by atoms with Crippen LogP contribution in [0.25, 0.3) is 0 Å². The smallest absolute Gasteiger partial charge is 0.0673 e. The van der Waals surface area contributed by atoms with Crippen molar-refractivity contribution in [2.75, 3.05) is 0 Å². The SMILES string of the molecule is CCCCCCCCCC1(O)CCCCC1C. The van der Waals surface area contributed by atoms with Gasteiger partial charge in [-0.05, 0) is 25.2 Å². The molecule has 0 aromatic carbocycles. The second-order valence-electron chi connectivity index (χ2n) is 6.12. The van der Waals surface area contributed by atoms with Crippen molar-refractivity contribution in [1.82, 2.24) is 0 Å². The lowest BCUT2D eigenvalue weighted by Gasteiger charge is -2.38. The van der Waals surface area contributed by atoms with E-state index in [4.69, 9.17) is 0 Å². The number of hydrogen-bond acceptors (Lipinski definition) is 1. The molecule has 102 valence electrons. The molecule has 2 unspecified atom stereocenters. The number of aliphatic hydroxyl groups is 1. The molecule has 1 saturated carbocycles. The number of unbranched alkanes of at least 4 members (excludes halogenated alkanes) is 6. The van der Waals surface area contributed by atoms with Crippen LogP contribution in [0.5, 0.6) is 0 Å². The minimum atomic E-state index is -0.318. The monoisotopic (exact) mass is 240 g/mol. The maximum absolute atomic E-state index is 10.6. The first-order valence-corrected chi connectivity index (χ1v) is 7.91. The average molecular weight is 240 g/mol. The van der Waals surface area contributed by atoms with E-state index in [1.165, 1.54) is 64.2 Å². The van der Waals surface area contributed by atoms with E-state index in [0.717, 1.165) is 12.8 Å². The Morgan fingerprint density at radius 1 is 1.00 bits per heavy atom. The molecule has 1 nitrogen and oxygen atoms in total. The summed E-state index contributed by atoms with van der Waals surface area (Å²) < 4.78 is 0. The van der Waals surface area contributed by atoms with Gasteiger partial charge in [-0.15, -0.1) is 0 Å². The molecular formula is C16H32O. The highest BCUT2D eigenvalue weighted by molar-refractivity contribution is 4.87. The molecule has 1 rings (SSSR count). The van der Waals surface area contributed by atoms with Gasteiger partial charge < -0.3 is 5.11 Å². The van der Waals surface area contributed by atoms with Crippen LogP contribution in [0.15, 0.2) is 0 Å². The highest BCUT2D eigenvalue weighted by atomic mass is 16.3. The highest BCUT2D eigenvalue weighted by Crippen LogP contribution is 2.37. The summed E-state index contributed by atoms with van der Waals surface area (Å²) in [7, 11) is 0. The molecule has 1 fully saturated rings. The maximum atomic E-state index is 10.6. The second-order valence-corrected chi connectivity index (χ2v) is 6.12. The molecule has 2 atom stereocenters. The van der Waals surface area contributed by atoms with Crippen LogP contribution < -0.4 is 0 Å². The quantitative estimate of drug-likeness (QED) is 0.587. The second kappa shape index (κ2) is 8.13. The van der Waals surface area contributed by atoms with E-state index in [1.54, 1.807) is 0 Å². The summed E-state index contributed by atoms with van der Waals surface area (Å²) in [5.74, 6) is 0.524. The minimum absolute atomic E-state index is 0.318. The standard InChI is InChI=1S/C16H32O/c1-3-4-5-6-7-8-10-13-16(17)14-11-9-12-15(16)2/h15,17H,3-14H2,1-2H3. The third-order valence-corrected chi connectivity index (χ3v) is 4.63. The minimum Gasteiger partial charge on any atom is -0.390 e. The molecule has 0 amide bonds. The van der Waals surface area contributed by atoms with Crippen molar-refractivity contribution >= 4 is 0 Å².